The minimum Gasteiger partial charge on any atom is -0.351 e. The van der Waals surface area contributed by atoms with E-state index in [2.05, 4.69) is 49.4 Å². The number of thiophene rings is 1. The Bertz CT molecular complexity index is 754. The molecule has 4 nitrogen and oxygen atoms in total. The number of nitrogens with one attached hydrogen (secondary N) is 2. The number of piperidine rings is 1. The smallest absolute Gasteiger partial charge is 0.223 e. The molecule has 5 heteroatoms. The maximum Gasteiger partial charge on any atom is 0.223 e. The van der Waals surface area contributed by atoms with Gasteiger partial charge in [-0.15, -0.1) is 11.3 Å². The summed E-state index contributed by atoms with van der Waals surface area (Å²) in [6.07, 6.45) is 9.12. The van der Waals surface area contributed by atoms with E-state index in [0.29, 0.717) is 6.04 Å². The number of aryl methyl sites for hydroxylation is 2. The molecule has 1 fully saturated rings. The number of anilines is 1. The van der Waals surface area contributed by atoms with Gasteiger partial charge in [0.2, 0.25) is 5.95 Å². The summed E-state index contributed by atoms with van der Waals surface area (Å²) in [5, 5.41) is 7.34. The summed E-state index contributed by atoms with van der Waals surface area (Å²) in [5.74, 6) is 0.757. The highest BCUT2D eigenvalue weighted by Crippen LogP contribution is 2.35. The Hall–Kier alpha value is -1.46. The second-order valence-electron chi connectivity index (χ2n) is 9.17. The maximum absolute atomic E-state index is 4.84. The van der Waals surface area contributed by atoms with Gasteiger partial charge >= 0.3 is 0 Å². The van der Waals surface area contributed by atoms with Crippen LogP contribution in [-0.4, -0.2) is 27.1 Å². The third-order valence-corrected chi connectivity index (χ3v) is 6.69. The average molecular weight is 371 g/mol. The molecule has 1 aliphatic carbocycles. The molecule has 0 radical (unpaired) electrons. The van der Waals surface area contributed by atoms with Crippen molar-refractivity contribution in [2.75, 3.05) is 5.32 Å². The van der Waals surface area contributed by atoms with Gasteiger partial charge in [-0.1, -0.05) is 0 Å². The number of nitrogens with zero attached hydrogens (tertiary/aromatic N) is 2. The number of hydrogen-bond donors (Lipinski definition) is 2. The van der Waals surface area contributed by atoms with Crippen LogP contribution < -0.4 is 10.6 Å². The lowest BCUT2D eigenvalue weighted by Crippen LogP contribution is -2.60. The van der Waals surface area contributed by atoms with E-state index in [-0.39, 0.29) is 11.1 Å². The van der Waals surface area contributed by atoms with Crippen LogP contribution in [0.4, 0.5) is 5.95 Å². The quantitative estimate of drug-likeness (QED) is 0.814. The average Bonchev–Trinajstić information content (AvgIpc) is 2.96. The fourth-order valence-electron chi connectivity index (χ4n) is 4.79. The van der Waals surface area contributed by atoms with Crippen LogP contribution >= 0.6 is 11.3 Å². The summed E-state index contributed by atoms with van der Waals surface area (Å²) in [7, 11) is 0. The predicted octanol–water partition coefficient (Wildman–Crippen LogP) is 4.81. The van der Waals surface area contributed by atoms with Crippen molar-refractivity contribution in [2.45, 2.75) is 83.3 Å². The fourth-order valence-corrected chi connectivity index (χ4v) is 6.01. The summed E-state index contributed by atoms with van der Waals surface area (Å²) in [4.78, 5) is 12.2. The van der Waals surface area contributed by atoms with Gasteiger partial charge in [0, 0.05) is 28.2 Å². The maximum atomic E-state index is 4.84. The standard InChI is InChI=1S/C21H30N4S/c1-20(2)12-15(13-21(3,4)25-20)23-19-22-10-9-16(24-19)18-11-14-7-5-6-8-17(14)26-18/h9-11,15,25H,5-8,12-13H2,1-4H3,(H,22,23,24). The molecule has 26 heavy (non-hydrogen) atoms. The molecule has 140 valence electrons. The Labute approximate surface area is 160 Å². The van der Waals surface area contributed by atoms with Crippen molar-refractivity contribution < 1.29 is 0 Å². The van der Waals surface area contributed by atoms with Gasteiger partial charge in [-0.05, 0) is 83.9 Å². The SMILES string of the molecule is CC1(C)CC(Nc2nccc(-c3cc4c(s3)CCCC4)n2)CC(C)(C)N1. The third kappa shape index (κ3) is 3.94. The molecule has 2 aromatic rings. The molecule has 2 aliphatic rings. The predicted molar refractivity (Wildman–Crippen MR) is 110 cm³/mol. The lowest BCUT2D eigenvalue weighted by atomic mass is 9.80. The molecule has 0 unspecified atom stereocenters. The van der Waals surface area contributed by atoms with E-state index >= 15 is 0 Å². The Balaban J connectivity index is 1.53. The van der Waals surface area contributed by atoms with Crippen LogP contribution in [0.1, 0.15) is 63.8 Å². The summed E-state index contributed by atoms with van der Waals surface area (Å²) in [6.45, 7) is 9.10. The minimum atomic E-state index is 0.115. The van der Waals surface area contributed by atoms with Crippen molar-refractivity contribution in [3.05, 3.63) is 28.8 Å². The molecule has 0 saturated carbocycles. The fraction of sp³-hybridized carbons (Fsp3) is 0.619. The molecule has 1 aliphatic heterocycles. The molecular formula is C21H30N4S. The molecule has 0 atom stereocenters. The van der Waals surface area contributed by atoms with Crippen LogP contribution in [0.15, 0.2) is 18.3 Å². The molecule has 2 aromatic heterocycles. The first-order valence-electron chi connectivity index (χ1n) is 9.81. The number of rotatable bonds is 3. The first-order chi connectivity index (χ1) is 12.3. The summed E-state index contributed by atoms with van der Waals surface area (Å²) in [5.41, 5.74) is 2.81. The van der Waals surface area contributed by atoms with Crippen molar-refractivity contribution in [2.24, 2.45) is 0 Å². The van der Waals surface area contributed by atoms with E-state index in [1.54, 1.807) is 4.88 Å². The number of fused-ring (bicyclic) bond motifs is 1. The molecule has 0 amide bonds. The zero-order chi connectivity index (χ0) is 18.4. The normalized spacial score (nSPS) is 22.0. The highest BCUT2D eigenvalue weighted by Gasteiger charge is 2.37. The van der Waals surface area contributed by atoms with Gasteiger partial charge < -0.3 is 10.6 Å². The van der Waals surface area contributed by atoms with Crippen molar-refractivity contribution >= 4 is 17.3 Å². The third-order valence-electron chi connectivity index (χ3n) is 5.43. The van der Waals surface area contributed by atoms with Crippen LogP contribution in [-0.2, 0) is 12.8 Å². The van der Waals surface area contributed by atoms with E-state index in [4.69, 9.17) is 4.98 Å². The second-order valence-corrected chi connectivity index (χ2v) is 10.3. The summed E-state index contributed by atoms with van der Waals surface area (Å²) >= 11 is 1.91. The van der Waals surface area contributed by atoms with Crippen molar-refractivity contribution in [1.29, 1.82) is 0 Å². The first kappa shape index (κ1) is 17.9. The lowest BCUT2D eigenvalue weighted by Gasteiger charge is -2.46. The molecular weight excluding hydrogens is 340 g/mol. The molecule has 1 saturated heterocycles. The number of hydrogen-bond acceptors (Lipinski definition) is 5. The Morgan fingerprint density at radius 2 is 1.85 bits per heavy atom. The van der Waals surface area contributed by atoms with Gasteiger partial charge in [0.05, 0.1) is 10.6 Å². The molecule has 4 rings (SSSR count). The zero-order valence-corrected chi connectivity index (χ0v) is 17.2. The van der Waals surface area contributed by atoms with Crippen LogP contribution in [0.5, 0.6) is 0 Å². The minimum absolute atomic E-state index is 0.115. The van der Waals surface area contributed by atoms with Crippen LogP contribution in [0.3, 0.4) is 0 Å². The highest BCUT2D eigenvalue weighted by molar-refractivity contribution is 7.15. The Morgan fingerprint density at radius 1 is 1.12 bits per heavy atom. The van der Waals surface area contributed by atoms with Gasteiger partial charge in [-0.25, -0.2) is 9.97 Å². The van der Waals surface area contributed by atoms with Crippen LogP contribution in [0.25, 0.3) is 10.6 Å². The van der Waals surface area contributed by atoms with E-state index in [9.17, 15) is 0 Å². The molecule has 0 spiro atoms. The van der Waals surface area contributed by atoms with E-state index in [1.807, 2.05) is 23.6 Å². The zero-order valence-electron chi connectivity index (χ0n) is 16.4. The van der Waals surface area contributed by atoms with Gasteiger partial charge in [0.15, 0.2) is 0 Å². The van der Waals surface area contributed by atoms with E-state index < -0.39 is 0 Å². The Morgan fingerprint density at radius 3 is 2.58 bits per heavy atom. The highest BCUT2D eigenvalue weighted by atomic mass is 32.1. The monoisotopic (exact) mass is 370 g/mol. The molecule has 3 heterocycles. The molecule has 0 aromatic carbocycles. The van der Waals surface area contributed by atoms with Crippen molar-refractivity contribution in [1.82, 2.24) is 15.3 Å². The molecule has 2 N–H and O–H groups in total. The van der Waals surface area contributed by atoms with Gasteiger partial charge in [0.25, 0.3) is 0 Å². The van der Waals surface area contributed by atoms with E-state index in [1.165, 1.54) is 36.1 Å². The van der Waals surface area contributed by atoms with Crippen molar-refractivity contribution in [3.63, 3.8) is 0 Å². The van der Waals surface area contributed by atoms with Gasteiger partial charge in [-0.2, -0.15) is 0 Å². The van der Waals surface area contributed by atoms with Crippen molar-refractivity contribution in [3.8, 4) is 10.6 Å². The summed E-state index contributed by atoms with van der Waals surface area (Å²) < 4.78 is 0. The van der Waals surface area contributed by atoms with E-state index in [0.717, 1.165) is 24.5 Å². The second kappa shape index (κ2) is 6.61. The van der Waals surface area contributed by atoms with Crippen LogP contribution in [0.2, 0.25) is 0 Å². The number of aromatic nitrogens is 2. The summed E-state index contributed by atoms with van der Waals surface area (Å²) in [6, 6.07) is 4.77. The topological polar surface area (TPSA) is 49.8 Å². The lowest BCUT2D eigenvalue weighted by molar-refractivity contribution is 0.170. The molecule has 0 bridgehead atoms. The van der Waals surface area contributed by atoms with Gasteiger partial charge in [-0.3, -0.25) is 0 Å². The Kier molecular flexibility index (Phi) is 4.56. The first-order valence-corrected chi connectivity index (χ1v) is 10.6. The largest absolute Gasteiger partial charge is 0.351 e. The van der Waals surface area contributed by atoms with Crippen LogP contribution in [0, 0.1) is 0 Å². The van der Waals surface area contributed by atoms with Gasteiger partial charge in [0.1, 0.15) is 0 Å².